The largest absolute Gasteiger partial charge is 0.471 e. The van der Waals surface area contributed by atoms with Gasteiger partial charge in [0.05, 0.1) is 6.07 Å². The second kappa shape index (κ2) is 6.77. The van der Waals surface area contributed by atoms with E-state index in [2.05, 4.69) is 0 Å². The lowest BCUT2D eigenvalue weighted by atomic mass is 10.1. The first-order valence-corrected chi connectivity index (χ1v) is 6.64. The van der Waals surface area contributed by atoms with Crippen molar-refractivity contribution in [1.82, 2.24) is 9.80 Å². The van der Waals surface area contributed by atoms with Gasteiger partial charge in [-0.25, -0.2) is 0 Å². The van der Waals surface area contributed by atoms with Crippen LogP contribution in [0.15, 0.2) is 0 Å². The van der Waals surface area contributed by atoms with E-state index in [4.69, 9.17) is 5.26 Å². The molecule has 0 aromatic heterocycles. The summed E-state index contributed by atoms with van der Waals surface area (Å²) in [6.45, 7) is 1.92. The van der Waals surface area contributed by atoms with Crippen LogP contribution >= 0.6 is 0 Å². The SMILES string of the molecule is CC(C)N(CC(=O)N1CC(C=O)CC1C#N)C(=O)C(F)(F)F. The van der Waals surface area contributed by atoms with E-state index in [1.54, 1.807) is 0 Å². The molecule has 2 atom stereocenters. The molecule has 9 heteroatoms. The van der Waals surface area contributed by atoms with Gasteiger partial charge in [-0.1, -0.05) is 0 Å². The lowest BCUT2D eigenvalue weighted by Gasteiger charge is -2.29. The predicted octanol–water partition coefficient (Wildman–Crippen LogP) is 0.725. The zero-order chi connectivity index (χ0) is 17.1. The first kappa shape index (κ1) is 17.9. The van der Waals surface area contributed by atoms with E-state index in [0.29, 0.717) is 11.2 Å². The Labute approximate surface area is 125 Å². The number of aldehydes is 1. The maximum Gasteiger partial charge on any atom is 0.471 e. The number of carbonyl (C=O) groups is 3. The number of alkyl halides is 3. The molecule has 1 heterocycles. The van der Waals surface area contributed by atoms with E-state index in [1.807, 2.05) is 6.07 Å². The van der Waals surface area contributed by atoms with Gasteiger partial charge >= 0.3 is 12.1 Å². The predicted molar refractivity (Wildman–Crippen MR) is 68.2 cm³/mol. The topological polar surface area (TPSA) is 81.5 Å². The molecule has 1 fully saturated rings. The van der Waals surface area contributed by atoms with Crippen molar-refractivity contribution < 1.29 is 27.6 Å². The molecule has 0 saturated carbocycles. The Morgan fingerprint density at radius 2 is 2.05 bits per heavy atom. The number of hydrogen-bond donors (Lipinski definition) is 0. The Morgan fingerprint density at radius 1 is 1.45 bits per heavy atom. The summed E-state index contributed by atoms with van der Waals surface area (Å²) in [4.78, 5) is 35.7. The summed E-state index contributed by atoms with van der Waals surface area (Å²) in [6.07, 6.45) is -4.31. The van der Waals surface area contributed by atoms with Crippen LogP contribution in [-0.4, -0.2) is 59.2 Å². The van der Waals surface area contributed by atoms with Crippen molar-refractivity contribution in [2.75, 3.05) is 13.1 Å². The fourth-order valence-corrected chi connectivity index (χ4v) is 2.25. The van der Waals surface area contributed by atoms with Gasteiger partial charge < -0.3 is 14.6 Å². The van der Waals surface area contributed by atoms with Crippen LogP contribution in [0.25, 0.3) is 0 Å². The highest BCUT2D eigenvalue weighted by Gasteiger charge is 2.45. The first-order valence-electron chi connectivity index (χ1n) is 6.64. The number of nitrogens with zero attached hydrogens (tertiary/aromatic N) is 3. The average molecular weight is 319 g/mol. The summed E-state index contributed by atoms with van der Waals surface area (Å²) >= 11 is 0. The highest BCUT2D eigenvalue weighted by atomic mass is 19.4. The fraction of sp³-hybridized carbons (Fsp3) is 0.692. The van der Waals surface area contributed by atoms with Crippen LogP contribution in [0.2, 0.25) is 0 Å². The molecule has 0 aromatic carbocycles. The van der Waals surface area contributed by atoms with Crippen molar-refractivity contribution in [1.29, 1.82) is 5.26 Å². The zero-order valence-corrected chi connectivity index (χ0v) is 12.1. The molecule has 0 aliphatic carbocycles. The van der Waals surface area contributed by atoms with Gasteiger partial charge in [0, 0.05) is 18.5 Å². The van der Waals surface area contributed by atoms with E-state index < -0.39 is 42.5 Å². The van der Waals surface area contributed by atoms with Crippen LogP contribution in [0, 0.1) is 17.2 Å². The zero-order valence-electron chi connectivity index (χ0n) is 12.1. The van der Waals surface area contributed by atoms with Crippen LogP contribution in [-0.2, 0) is 14.4 Å². The number of hydrogen-bond acceptors (Lipinski definition) is 4. The standard InChI is InChI=1S/C13H16F3N3O3/c1-8(2)18(12(22)13(14,15)16)6-11(21)19-5-9(7-20)3-10(19)4-17/h7-10H,3,5-6H2,1-2H3. The molecule has 1 rings (SSSR count). The summed E-state index contributed by atoms with van der Waals surface area (Å²) in [7, 11) is 0. The van der Waals surface area contributed by atoms with Gasteiger partial charge in [0.1, 0.15) is 18.9 Å². The summed E-state index contributed by atoms with van der Waals surface area (Å²) < 4.78 is 37.6. The van der Waals surface area contributed by atoms with Crippen LogP contribution in [0.4, 0.5) is 13.2 Å². The number of rotatable bonds is 4. The van der Waals surface area contributed by atoms with Gasteiger partial charge in [-0.3, -0.25) is 9.59 Å². The van der Waals surface area contributed by atoms with E-state index in [1.165, 1.54) is 13.8 Å². The van der Waals surface area contributed by atoms with E-state index in [-0.39, 0.29) is 13.0 Å². The molecule has 22 heavy (non-hydrogen) atoms. The van der Waals surface area contributed by atoms with Crippen LogP contribution in [0.5, 0.6) is 0 Å². The molecule has 1 saturated heterocycles. The van der Waals surface area contributed by atoms with Gasteiger partial charge in [-0.2, -0.15) is 18.4 Å². The monoisotopic (exact) mass is 319 g/mol. The quantitative estimate of drug-likeness (QED) is 0.715. The number of carbonyl (C=O) groups excluding carboxylic acids is 3. The smallest absolute Gasteiger partial charge is 0.324 e. The number of likely N-dealkylation sites (tertiary alicyclic amines) is 1. The van der Waals surface area contributed by atoms with Crippen molar-refractivity contribution in [2.24, 2.45) is 5.92 Å². The van der Waals surface area contributed by atoms with Crippen molar-refractivity contribution >= 4 is 18.1 Å². The minimum Gasteiger partial charge on any atom is -0.324 e. The number of nitriles is 1. The molecule has 6 nitrogen and oxygen atoms in total. The van der Waals surface area contributed by atoms with Gasteiger partial charge in [0.15, 0.2) is 0 Å². The Kier molecular flexibility index (Phi) is 5.52. The summed E-state index contributed by atoms with van der Waals surface area (Å²) in [5.74, 6) is -3.39. The Bertz CT molecular complexity index is 499. The van der Waals surface area contributed by atoms with Gasteiger partial charge in [0.2, 0.25) is 5.91 Å². The molecule has 2 amide bonds. The highest BCUT2D eigenvalue weighted by molar-refractivity contribution is 5.88. The minimum atomic E-state index is -5.07. The summed E-state index contributed by atoms with van der Waals surface area (Å²) in [6, 6.07) is 0.148. The normalized spacial score (nSPS) is 21.6. The molecule has 1 aliphatic rings. The third kappa shape index (κ3) is 3.96. The highest BCUT2D eigenvalue weighted by Crippen LogP contribution is 2.23. The molecular weight excluding hydrogens is 303 g/mol. The Hall–Kier alpha value is -2.11. The van der Waals surface area contributed by atoms with Gasteiger partial charge in [-0.05, 0) is 20.3 Å². The minimum absolute atomic E-state index is 0.0211. The average Bonchev–Trinajstić information content (AvgIpc) is 2.85. The van der Waals surface area contributed by atoms with Crippen molar-refractivity contribution in [2.45, 2.75) is 38.5 Å². The summed E-state index contributed by atoms with van der Waals surface area (Å²) in [5.41, 5.74) is 0. The van der Waals surface area contributed by atoms with E-state index >= 15 is 0 Å². The number of halogens is 3. The molecule has 2 unspecified atom stereocenters. The molecular formula is C13H16F3N3O3. The van der Waals surface area contributed by atoms with Crippen molar-refractivity contribution in [3.63, 3.8) is 0 Å². The van der Waals surface area contributed by atoms with Gasteiger partial charge in [-0.15, -0.1) is 0 Å². The molecule has 1 aliphatic heterocycles. The van der Waals surface area contributed by atoms with Crippen molar-refractivity contribution in [3.05, 3.63) is 0 Å². The Balaban J connectivity index is 2.86. The lowest BCUT2D eigenvalue weighted by molar-refractivity contribution is -0.188. The first-order chi connectivity index (χ1) is 10.1. The molecule has 0 radical (unpaired) electrons. The maximum atomic E-state index is 12.5. The molecule has 0 N–H and O–H groups in total. The van der Waals surface area contributed by atoms with Crippen molar-refractivity contribution in [3.8, 4) is 6.07 Å². The fourth-order valence-electron chi connectivity index (χ4n) is 2.25. The Morgan fingerprint density at radius 3 is 2.45 bits per heavy atom. The molecule has 0 spiro atoms. The molecule has 122 valence electrons. The molecule has 0 bridgehead atoms. The maximum absolute atomic E-state index is 12.5. The number of amides is 2. The second-order valence-electron chi connectivity index (χ2n) is 5.35. The molecule has 0 aromatic rings. The third-order valence-corrected chi connectivity index (χ3v) is 3.43. The van der Waals surface area contributed by atoms with Crippen LogP contribution in [0.3, 0.4) is 0 Å². The van der Waals surface area contributed by atoms with E-state index in [0.717, 1.165) is 4.90 Å². The second-order valence-corrected chi connectivity index (χ2v) is 5.35. The van der Waals surface area contributed by atoms with Crippen LogP contribution < -0.4 is 0 Å². The summed E-state index contributed by atoms with van der Waals surface area (Å²) in [5, 5.41) is 8.96. The lowest BCUT2D eigenvalue weighted by Crippen LogP contribution is -2.51. The van der Waals surface area contributed by atoms with Crippen LogP contribution in [0.1, 0.15) is 20.3 Å². The third-order valence-electron chi connectivity index (χ3n) is 3.43. The van der Waals surface area contributed by atoms with E-state index in [9.17, 15) is 27.6 Å². The van der Waals surface area contributed by atoms with Gasteiger partial charge in [0.25, 0.3) is 0 Å².